The van der Waals surface area contributed by atoms with E-state index >= 15 is 0 Å². The minimum atomic E-state index is -2.86. The molecule has 2 rings (SSSR count). The molecule has 1 N–H and O–H groups in total. The van der Waals surface area contributed by atoms with Crippen LogP contribution >= 0.6 is 0 Å². The van der Waals surface area contributed by atoms with Gasteiger partial charge in [0, 0.05) is 12.5 Å². The van der Waals surface area contributed by atoms with Gasteiger partial charge in [-0.15, -0.1) is 0 Å². The van der Waals surface area contributed by atoms with Crippen molar-refractivity contribution in [2.24, 2.45) is 11.8 Å². The number of carbonyl (C=O) groups is 1. The molecular weight excluding hydrogens is 250 g/mol. The Morgan fingerprint density at radius 2 is 1.94 bits per heavy atom. The van der Waals surface area contributed by atoms with Gasteiger partial charge in [0.25, 0.3) is 0 Å². The van der Waals surface area contributed by atoms with Crippen molar-refractivity contribution >= 4 is 15.7 Å². The van der Waals surface area contributed by atoms with Crippen LogP contribution in [0.2, 0.25) is 0 Å². The maximum Gasteiger partial charge on any atom is 0.220 e. The predicted octanol–water partition coefficient (Wildman–Crippen LogP) is 1.51. The molecule has 5 heteroatoms. The first kappa shape index (κ1) is 13.8. The SMILES string of the molecule is C[C@H]1CCCC[C@@H]1NC(=O)C[C@@H]1CCS(=O)(=O)C1. The standard InChI is InChI=1S/C13H23NO3S/c1-10-4-2-3-5-12(10)14-13(15)8-11-6-7-18(16,17)9-11/h10-12H,2-9H2,1H3,(H,14,15)/t10-,11-,12-/m0/s1. The Morgan fingerprint density at radius 1 is 1.22 bits per heavy atom. The van der Waals surface area contributed by atoms with E-state index in [1.54, 1.807) is 0 Å². The second-order valence-electron chi connectivity index (χ2n) is 5.91. The van der Waals surface area contributed by atoms with E-state index in [4.69, 9.17) is 0 Å². The Kier molecular flexibility index (Phi) is 4.30. The first-order valence-electron chi connectivity index (χ1n) is 6.96. The monoisotopic (exact) mass is 273 g/mol. The molecule has 0 bridgehead atoms. The molecule has 0 aromatic rings. The number of hydrogen-bond acceptors (Lipinski definition) is 3. The first-order chi connectivity index (χ1) is 8.46. The van der Waals surface area contributed by atoms with Crippen molar-refractivity contribution < 1.29 is 13.2 Å². The Morgan fingerprint density at radius 3 is 2.56 bits per heavy atom. The molecule has 1 aliphatic heterocycles. The van der Waals surface area contributed by atoms with Gasteiger partial charge < -0.3 is 5.32 Å². The molecule has 0 radical (unpaired) electrons. The highest BCUT2D eigenvalue weighted by Crippen LogP contribution is 2.25. The van der Waals surface area contributed by atoms with Crippen LogP contribution in [0.4, 0.5) is 0 Å². The van der Waals surface area contributed by atoms with Crippen LogP contribution in [0.1, 0.15) is 45.4 Å². The molecule has 0 spiro atoms. The van der Waals surface area contributed by atoms with E-state index in [9.17, 15) is 13.2 Å². The lowest BCUT2D eigenvalue weighted by Gasteiger charge is -2.29. The second kappa shape index (κ2) is 5.59. The molecule has 2 aliphatic rings. The topological polar surface area (TPSA) is 63.2 Å². The quantitative estimate of drug-likeness (QED) is 0.847. The molecule has 1 amide bonds. The summed E-state index contributed by atoms with van der Waals surface area (Å²) in [7, 11) is -2.86. The zero-order valence-electron chi connectivity index (χ0n) is 11.0. The van der Waals surface area contributed by atoms with Gasteiger partial charge in [-0.1, -0.05) is 19.8 Å². The van der Waals surface area contributed by atoms with Crippen LogP contribution in [0, 0.1) is 11.8 Å². The number of carbonyl (C=O) groups excluding carboxylic acids is 1. The zero-order valence-corrected chi connectivity index (χ0v) is 11.8. The molecule has 1 saturated carbocycles. The Balaban J connectivity index is 1.78. The molecule has 1 aliphatic carbocycles. The lowest BCUT2D eigenvalue weighted by Crippen LogP contribution is -2.41. The number of nitrogens with one attached hydrogen (secondary N) is 1. The van der Waals surface area contributed by atoms with E-state index in [1.165, 1.54) is 19.3 Å². The van der Waals surface area contributed by atoms with Crippen LogP contribution in [-0.2, 0) is 14.6 Å². The average molecular weight is 273 g/mol. The van der Waals surface area contributed by atoms with Gasteiger partial charge in [-0.05, 0) is 31.1 Å². The molecule has 0 aromatic carbocycles. The van der Waals surface area contributed by atoms with Gasteiger partial charge in [0.05, 0.1) is 11.5 Å². The highest BCUT2D eigenvalue weighted by Gasteiger charge is 2.30. The summed E-state index contributed by atoms with van der Waals surface area (Å²) in [6.07, 6.45) is 5.72. The minimum absolute atomic E-state index is 0.0360. The fourth-order valence-electron chi connectivity index (χ4n) is 3.09. The van der Waals surface area contributed by atoms with Crippen LogP contribution < -0.4 is 5.32 Å². The molecule has 18 heavy (non-hydrogen) atoms. The summed E-state index contributed by atoms with van der Waals surface area (Å²) in [5, 5.41) is 3.09. The summed E-state index contributed by atoms with van der Waals surface area (Å²) >= 11 is 0. The Hall–Kier alpha value is -0.580. The van der Waals surface area contributed by atoms with Gasteiger partial charge in [0.15, 0.2) is 9.84 Å². The normalized spacial score (nSPS) is 35.3. The fraction of sp³-hybridized carbons (Fsp3) is 0.923. The molecule has 2 fully saturated rings. The third-order valence-corrected chi connectivity index (χ3v) is 6.10. The smallest absolute Gasteiger partial charge is 0.220 e. The van der Waals surface area contributed by atoms with Crippen molar-refractivity contribution in [3.63, 3.8) is 0 Å². The molecule has 3 atom stereocenters. The highest BCUT2D eigenvalue weighted by atomic mass is 32.2. The lowest BCUT2D eigenvalue weighted by atomic mass is 9.86. The Labute approximate surface area is 109 Å². The van der Waals surface area contributed by atoms with Gasteiger partial charge in [-0.2, -0.15) is 0 Å². The van der Waals surface area contributed by atoms with Crippen molar-refractivity contribution in [3.8, 4) is 0 Å². The van der Waals surface area contributed by atoms with E-state index in [-0.39, 0.29) is 23.3 Å². The van der Waals surface area contributed by atoms with Gasteiger partial charge >= 0.3 is 0 Å². The van der Waals surface area contributed by atoms with Gasteiger partial charge in [0.2, 0.25) is 5.91 Å². The second-order valence-corrected chi connectivity index (χ2v) is 8.14. The van der Waals surface area contributed by atoms with Crippen LogP contribution in [-0.4, -0.2) is 31.9 Å². The van der Waals surface area contributed by atoms with Crippen molar-refractivity contribution in [3.05, 3.63) is 0 Å². The first-order valence-corrected chi connectivity index (χ1v) is 8.78. The van der Waals surface area contributed by atoms with E-state index in [2.05, 4.69) is 12.2 Å². The van der Waals surface area contributed by atoms with Crippen molar-refractivity contribution in [2.75, 3.05) is 11.5 Å². The van der Waals surface area contributed by atoms with Crippen molar-refractivity contribution in [2.45, 2.75) is 51.5 Å². The number of sulfone groups is 1. The third-order valence-electron chi connectivity index (χ3n) is 4.26. The zero-order chi connectivity index (χ0) is 13.2. The summed E-state index contributed by atoms with van der Waals surface area (Å²) in [6.45, 7) is 2.18. The molecule has 0 unspecified atom stereocenters. The maximum absolute atomic E-state index is 11.9. The number of rotatable bonds is 3. The summed E-state index contributed by atoms with van der Waals surface area (Å²) in [5.41, 5.74) is 0. The van der Waals surface area contributed by atoms with Crippen LogP contribution in [0.25, 0.3) is 0 Å². The predicted molar refractivity (Wildman–Crippen MR) is 70.9 cm³/mol. The molecule has 4 nitrogen and oxygen atoms in total. The van der Waals surface area contributed by atoms with E-state index in [1.807, 2.05) is 0 Å². The summed E-state index contributed by atoms with van der Waals surface area (Å²) in [5.74, 6) is 1.07. The van der Waals surface area contributed by atoms with Crippen molar-refractivity contribution in [1.29, 1.82) is 0 Å². The third kappa shape index (κ3) is 3.70. The lowest BCUT2D eigenvalue weighted by molar-refractivity contribution is -0.123. The highest BCUT2D eigenvalue weighted by molar-refractivity contribution is 7.91. The summed E-state index contributed by atoms with van der Waals surface area (Å²) in [4.78, 5) is 11.9. The van der Waals surface area contributed by atoms with Crippen LogP contribution in [0.3, 0.4) is 0 Å². The average Bonchev–Trinajstić information content (AvgIpc) is 2.61. The van der Waals surface area contributed by atoms with Gasteiger partial charge in [-0.3, -0.25) is 4.79 Å². The molecule has 1 heterocycles. The molecule has 1 saturated heterocycles. The Bertz CT molecular complexity index is 404. The summed E-state index contributed by atoms with van der Waals surface area (Å²) in [6, 6.07) is 0.296. The van der Waals surface area contributed by atoms with E-state index in [0.29, 0.717) is 24.8 Å². The maximum atomic E-state index is 11.9. The molecule has 0 aromatic heterocycles. The van der Waals surface area contributed by atoms with Crippen LogP contribution in [0.15, 0.2) is 0 Å². The molecule has 104 valence electrons. The number of amides is 1. The fourth-order valence-corrected chi connectivity index (χ4v) is 4.95. The molecular formula is C13H23NO3S. The van der Waals surface area contributed by atoms with Gasteiger partial charge in [-0.25, -0.2) is 8.42 Å². The largest absolute Gasteiger partial charge is 0.353 e. The summed E-state index contributed by atoms with van der Waals surface area (Å²) < 4.78 is 22.7. The van der Waals surface area contributed by atoms with Gasteiger partial charge in [0.1, 0.15) is 0 Å². The van der Waals surface area contributed by atoms with E-state index < -0.39 is 9.84 Å². The number of hydrogen-bond donors (Lipinski definition) is 1. The van der Waals surface area contributed by atoms with E-state index in [0.717, 1.165) is 6.42 Å². The van der Waals surface area contributed by atoms with Crippen molar-refractivity contribution in [1.82, 2.24) is 5.32 Å². The minimum Gasteiger partial charge on any atom is -0.353 e. The van der Waals surface area contributed by atoms with Crippen LogP contribution in [0.5, 0.6) is 0 Å².